The highest BCUT2D eigenvalue weighted by atomic mass is 16.1. The van der Waals surface area contributed by atoms with E-state index in [-0.39, 0.29) is 11.7 Å². The normalized spacial score (nSPS) is 24.3. The van der Waals surface area contributed by atoms with Crippen molar-refractivity contribution in [2.24, 2.45) is 5.92 Å². The molecule has 4 heteroatoms. The van der Waals surface area contributed by atoms with Crippen LogP contribution in [0.5, 0.6) is 0 Å². The smallest absolute Gasteiger partial charge is 0.251 e. The molecule has 0 saturated carbocycles. The number of hydrogen-bond acceptors (Lipinski definition) is 3. The van der Waals surface area contributed by atoms with Gasteiger partial charge in [-0.05, 0) is 46.7 Å². The Hall–Kier alpha value is -2.46. The molecule has 0 spiro atoms. The fourth-order valence-electron chi connectivity index (χ4n) is 4.50. The number of nitrogens with one attached hydrogen (secondary N) is 2. The van der Waals surface area contributed by atoms with Gasteiger partial charge in [0.1, 0.15) is 0 Å². The van der Waals surface area contributed by atoms with Crippen LogP contribution in [0.25, 0.3) is 11.1 Å². The Bertz CT molecular complexity index is 903. The summed E-state index contributed by atoms with van der Waals surface area (Å²) in [5, 5.41) is 6.50. The van der Waals surface area contributed by atoms with Crippen LogP contribution in [0.3, 0.4) is 0 Å². The highest BCUT2D eigenvalue weighted by Gasteiger charge is 2.34. The number of Topliss-reactive ketones (excluding diaryl/α,β-unsaturated/α-hetero) is 1. The molecule has 4 nitrogen and oxygen atoms in total. The van der Waals surface area contributed by atoms with Crippen LogP contribution in [0.2, 0.25) is 0 Å². The second kappa shape index (κ2) is 5.53. The molecule has 2 aromatic rings. The van der Waals surface area contributed by atoms with Gasteiger partial charge in [-0.1, -0.05) is 24.3 Å². The second-order valence-corrected chi connectivity index (χ2v) is 7.33. The van der Waals surface area contributed by atoms with Crippen molar-refractivity contribution in [2.75, 3.05) is 19.6 Å². The Balaban J connectivity index is 1.60. The maximum Gasteiger partial charge on any atom is 0.251 e. The van der Waals surface area contributed by atoms with E-state index in [1.807, 2.05) is 12.1 Å². The molecule has 0 bridgehead atoms. The van der Waals surface area contributed by atoms with E-state index >= 15 is 0 Å². The van der Waals surface area contributed by atoms with Crippen LogP contribution < -0.4 is 10.6 Å². The lowest BCUT2D eigenvalue weighted by molar-refractivity contribution is 0.0951. The predicted octanol–water partition coefficient (Wildman–Crippen LogP) is 2.53. The van der Waals surface area contributed by atoms with Crippen LogP contribution in [0.4, 0.5) is 0 Å². The minimum absolute atomic E-state index is 0.0171. The first-order valence-electron chi connectivity index (χ1n) is 9.00. The first-order valence-corrected chi connectivity index (χ1v) is 9.00. The monoisotopic (exact) mass is 332 g/mol. The van der Waals surface area contributed by atoms with Crippen LogP contribution in [-0.2, 0) is 6.42 Å². The highest BCUT2D eigenvalue weighted by molar-refractivity contribution is 6.02. The Labute approximate surface area is 146 Å². The molecule has 3 aliphatic rings. The van der Waals surface area contributed by atoms with Crippen molar-refractivity contribution in [2.45, 2.75) is 18.8 Å². The number of carbonyl (C=O) groups excluding carboxylic acids is 2. The summed E-state index contributed by atoms with van der Waals surface area (Å²) in [5.41, 5.74) is 5.92. The average Bonchev–Trinajstić information content (AvgIpc) is 3.23. The summed E-state index contributed by atoms with van der Waals surface area (Å²) in [5.74, 6) is 1.10. The van der Waals surface area contributed by atoms with Gasteiger partial charge in [0.2, 0.25) is 0 Å². The molecule has 2 aliphatic heterocycles. The number of aryl methyl sites for hydroxylation is 1. The van der Waals surface area contributed by atoms with E-state index in [4.69, 9.17) is 0 Å². The summed E-state index contributed by atoms with van der Waals surface area (Å²) < 4.78 is 0. The molecule has 126 valence electrons. The third-order valence-electron chi connectivity index (χ3n) is 5.93. The van der Waals surface area contributed by atoms with Gasteiger partial charge in [0.05, 0.1) is 0 Å². The molecule has 0 radical (unpaired) electrons. The topological polar surface area (TPSA) is 58.2 Å². The first-order chi connectivity index (χ1) is 12.2. The molecule has 2 N–H and O–H groups in total. The van der Waals surface area contributed by atoms with E-state index in [1.165, 1.54) is 0 Å². The summed E-state index contributed by atoms with van der Waals surface area (Å²) in [6, 6.07) is 12.3. The standard InChI is InChI=1S/C21H20N2O2/c24-20-6-4-12-1-2-13(7-17(12)20)14-3-5-16-18(8-14)21(25)23-10-15-9-22-11-19(15)16/h1-3,5,7-8,15,19,22H,4,6,9-11H2,(H,23,25)/t15-,19?/m0/s1. The van der Waals surface area contributed by atoms with Gasteiger partial charge in [-0.3, -0.25) is 9.59 Å². The predicted molar refractivity (Wildman–Crippen MR) is 96.0 cm³/mol. The van der Waals surface area contributed by atoms with Gasteiger partial charge in [-0.25, -0.2) is 0 Å². The Morgan fingerprint density at radius 3 is 2.52 bits per heavy atom. The number of ketones is 1. The third-order valence-corrected chi connectivity index (χ3v) is 5.93. The summed E-state index contributed by atoms with van der Waals surface area (Å²) in [6.07, 6.45) is 1.46. The minimum Gasteiger partial charge on any atom is -0.352 e. The Morgan fingerprint density at radius 2 is 1.64 bits per heavy atom. The summed E-state index contributed by atoms with van der Waals surface area (Å²) in [7, 11) is 0. The van der Waals surface area contributed by atoms with Crippen LogP contribution in [-0.4, -0.2) is 31.3 Å². The third kappa shape index (κ3) is 2.32. The first kappa shape index (κ1) is 14.8. The van der Waals surface area contributed by atoms with Gasteiger partial charge in [0.15, 0.2) is 5.78 Å². The van der Waals surface area contributed by atoms with E-state index in [9.17, 15) is 9.59 Å². The molecule has 25 heavy (non-hydrogen) atoms. The zero-order valence-corrected chi connectivity index (χ0v) is 14.0. The van der Waals surface area contributed by atoms with Crippen molar-refractivity contribution in [3.05, 3.63) is 58.7 Å². The van der Waals surface area contributed by atoms with Crippen LogP contribution >= 0.6 is 0 Å². The summed E-state index contributed by atoms with van der Waals surface area (Å²) >= 11 is 0. The zero-order valence-electron chi connectivity index (χ0n) is 14.0. The quantitative estimate of drug-likeness (QED) is 0.844. The van der Waals surface area contributed by atoms with Gasteiger partial charge < -0.3 is 10.6 Å². The highest BCUT2D eigenvalue weighted by Crippen LogP contribution is 2.35. The zero-order chi connectivity index (χ0) is 17.0. The molecule has 2 atom stereocenters. The molecule has 1 amide bonds. The van der Waals surface area contributed by atoms with Crippen molar-refractivity contribution in [1.82, 2.24) is 10.6 Å². The van der Waals surface area contributed by atoms with Crippen LogP contribution in [0.1, 0.15) is 44.2 Å². The van der Waals surface area contributed by atoms with Crippen molar-refractivity contribution in [3.63, 3.8) is 0 Å². The average molecular weight is 332 g/mol. The molecular formula is C21H20N2O2. The van der Waals surface area contributed by atoms with E-state index in [2.05, 4.69) is 34.9 Å². The molecule has 1 saturated heterocycles. The largest absolute Gasteiger partial charge is 0.352 e. The SMILES string of the molecule is O=C1CCc2ccc(-c3ccc4c(c3)C(=O)NC[C@@H]3CNCC43)cc21. The molecule has 1 unspecified atom stereocenters. The number of fused-ring (bicyclic) bond motifs is 4. The molecule has 1 aliphatic carbocycles. The van der Waals surface area contributed by atoms with Crippen LogP contribution in [0.15, 0.2) is 36.4 Å². The fourth-order valence-corrected chi connectivity index (χ4v) is 4.50. The van der Waals surface area contributed by atoms with Crippen molar-refractivity contribution >= 4 is 11.7 Å². The summed E-state index contributed by atoms with van der Waals surface area (Å²) in [6.45, 7) is 2.62. The fraction of sp³-hybridized carbons (Fsp3) is 0.333. The lowest BCUT2D eigenvalue weighted by Crippen LogP contribution is -2.28. The van der Waals surface area contributed by atoms with E-state index in [0.29, 0.717) is 18.3 Å². The lowest BCUT2D eigenvalue weighted by atomic mass is 9.86. The second-order valence-electron chi connectivity index (χ2n) is 7.33. The number of rotatable bonds is 1. The van der Waals surface area contributed by atoms with E-state index in [0.717, 1.165) is 59.4 Å². The van der Waals surface area contributed by atoms with Gasteiger partial charge in [-0.15, -0.1) is 0 Å². The maximum atomic E-state index is 12.6. The number of benzene rings is 2. The molecule has 2 heterocycles. The Morgan fingerprint density at radius 1 is 0.840 bits per heavy atom. The van der Waals surface area contributed by atoms with E-state index in [1.54, 1.807) is 0 Å². The van der Waals surface area contributed by atoms with Gasteiger partial charge >= 0.3 is 0 Å². The van der Waals surface area contributed by atoms with Gasteiger partial charge in [0, 0.05) is 43.1 Å². The van der Waals surface area contributed by atoms with Crippen LogP contribution in [0, 0.1) is 5.92 Å². The van der Waals surface area contributed by atoms with Crippen molar-refractivity contribution in [1.29, 1.82) is 0 Å². The molecule has 2 aromatic carbocycles. The van der Waals surface area contributed by atoms with Gasteiger partial charge in [-0.2, -0.15) is 0 Å². The number of amides is 1. The van der Waals surface area contributed by atoms with Crippen molar-refractivity contribution < 1.29 is 9.59 Å². The lowest BCUT2D eigenvalue weighted by Gasteiger charge is -2.17. The molecule has 1 fully saturated rings. The minimum atomic E-state index is 0.0171. The summed E-state index contributed by atoms with van der Waals surface area (Å²) in [4.78, 5) is 24.6. The number of hydrogen-bond donors (Lipinski definition) is 2. The molecular weight excluding hydrogens is 312 g/mol. The maximum absolute atomic E-state index is 12.6. The molecule has 5 rings (SSSR count). The Kier molecular flexibility index (Phi) is 3.28. The van der Waals surface area contributed by atoms with Crippen molar-refractivity contribution in [3.8, 4) is 11.1 Å². The van der Waals surface area contributed by atoms with E-state index < -0.39 is 0 Å². The van der Waals surface area contributed by atoms with Gasteiger partial charge in [0.25, 0.3) is 5.91 Å². The molecule has 0 aromatic heterocycles. The number of carbonyl (C=O) groups is 2.